The van der Waals surface area contributed by atoms with Crippen molar-refractivity contribution in [2.75, 3.05) is 12.8 Å². The fourth-order valence-electron chi connectivity index (χ4n) is 2.27. The highest BCUT2D eigenvalue weighted by molar-refractivity contribution is 5.86. The van der Waals surface area contributed by atoms with Crippen LogP contribution in [0.4, 0.5) is 5.88 Å². The molecule has 0 aliphatic carbocycles. The number of hydrogen-bond donors (Lipinski definition) is 1. The van der Waals surface area contributed by atoms with E-state index in [1.165, 1.54) is 0 Å². The molecule has 3 rings (SSSR count). The molecule has 0 saturated carbocycles. The lowest BCUT2D eigenvalue weighted by molar-refractivity contribution is 0.412. The molecular formula is C15H16N4O2. The molecule has 0 radical (unpaired) electrons. The second-order valence-electron chi connectivity index (χ2n) is 4.83. The Hall–Kier alpha value is -2.76. The van der Waals surface area contributed by atoms with Gasteiger partial charge in [-0.2, -0.15) is 5.10 Å². The van der Waals surface area contributed by atoms with E-state index in [2.05, 4.69) is 10.3 Å². The predicted octanol–water partition coefficient (Wildman–Crippen LogP) is 2.64. The van der Waals surface area contributed by atoms with Gasteiger partial charge in [-0.3, -0.25) is 4.68 Å². The maximum absolute atomic E-state index is 5.94. The smallest absolute Gasteiger partial charge is 0.230 e. The minimum atomic E-state index is 0.265. The number of nitrogens with two attached hydrogens (primary N) is 1. The van der Waals surface area contributed by atoms with Gasteiger partial charge >= 0.3 is 0 Å². The summed E-state index contributed by atoms with van der Waals surface area (Å²) in [6.07, 6.45) is 1.85. The monoisotopic (exact) mass is 284 g/mol. The average Bonchev–Trinajstić information content (AvgIpc) is 3.05. The first-order valence-corrected chi connectivity index (χ1v) is 6.50. The second kappa shape index (κ2) is 4.97. The quantitative estimate of drug-likeness (QED) is 0.799. The molecule has 2 heterocycles. The number of anilines is 1. The van der Waals surface area contributed by atoms with E-state index in [1.54, 1.807) is 11.8 Å². The van der Waals surface area contributed by atoms with Crippen molar-refractivity contribution in [2.45, 2.75) is 6.92 Å². The zero-order valence-electron chi connectivity index (χ0n) is 12.1. The maximum Gasteiger partial charge on any atom is 0.230 e. The van der Waals surface area contributed by atoms with Crippen LogP contribution in [0.1, 0.15) is 5.56 Å². The summed E-state index contributed by atoms with van der Waals surface area (Å²) in [7, 11) is 3.49. The van der Waals surface area contributed by atoms with Gasteiger partial charge in [-0.05, 0) is 30.2 Å². The Morgan fingerprint density at radius 2 is 2.10 bits per heavy atom. The molecule has 0 unspecified atom stereocenters. The zero-order chi connectivity index (χ0) is 15.0. The molecule has 21 heavy (non-hydrogen) atoms. The van der Waals surface area contributed by atoms with Gasteiger partial charge in [0.2, 0.25) is 5.88 Å². The Morgan fingerprint density at radius 3 is 2.76 bits per heavy atom. The number of hydrogen-bond acceptors (Lipinski definition) is 5. The number of rotatable bonds is 3. The molecule has 2 N–H and O–H groups in total. The number of nitrogen functional groups attached to an aromatic ring is 1. The van der Waals surface area contributed by atoms with E-state index < -0.39 is 0 Å². The molecule has 0 bridgehead atoms. The van der Waals surface area contributed by atoms with Gasteiger partial charge in [-0.1, -0.05) is 17.3 Å². The fraction of sp³-hybridized carbons (Fsp3) is 0.200. The molecule has 0 atom stereocenters. The van der Waals surface area contributed by atoms with Crippen molar-refractivity contribution in [1.29, 1.82) is 0 Å². The summed E-state index contributed by atoms with van der Waals surface area (Å²) in [6.45, 7) is 1.99. The van der Waals surface area contributed by atoms with Gasteiger partial charge in [0.05, 0.1) is 12.7 Å². The molecule has 108 valence electrons. The van der Waals surface area contributed by atoms with Gasteiger partial charge in [0.25, 0.3) is 0 Å². The molecule has 0 fully saturated rings. The van der Waals surface area contributed by atoms with Gasteiger partial charge in [0, 0.05) is 13.2 Å². The topological polar surface area (TPSA) is 79.1 Å². The number of benzene rings is 1. The van der Waals surface area contributed by atoms with E-state index in [9.17, 15) is 0 Å². The molecule has 6 nitrogen and oxygen atoms in total. The van der Waals surface area contributed by atoms with Crippen LogP contribution in [0.5, 0.6) is 5.75 Å². The summed E-state index contributed by atoms with van der Waals surface area (Å²) in [5, 5.41) is 8.38. The second-order valence-corrected chi connectivity index (χ2v) is 4.83. The first kappa shape index (κ1) is 13.2. The van der Waals surface area contributed by atoms with Crippen LogP contribution in [0.15, 0.2) is 35.0 Å². The van der Waals surface area contributed by atoms with Crippen LogP contribution in [-0.4, -0.2) is 22.0 Å². The minimum Gasteiger partial charge on any atom is -0.496 e. The predicted molar refractivity (Wildman–Crippen MR) is 79.8 cm³/mol. The highest BCUT2D eigenvalue weighted by Crippen LogP contribution is 2.37. The normalized spacial score (nSPS) is 10.8. The number of aromatic nitrogens is 3. The number of methoxy groups -OCH3 is 1. The summed E-state index contributed by atoms with van der Waals surface area (Å²) in [6, 6.07) is 7.73. The number of nitrogens with zero attached hydrogens (tertiary/aromatic N) is 3. The molecule has 0 saturated heterocycles. The number of aryl methyl sites for hydroxylation is 2. The first-order chi connectivity index (χ1) is 10.1. The SMILES string of the molecule is COc1cc(-c2c(-c3ccn(C)n3)noc2N)ccc1C. The Labute approximate surface area is 122 Å². The summed E-state index contributed by atoms with van der Waals surface area (Å²) in [4.78, 5) is 0. The molecule has 3 aromatic rings. The largest absolute Gasteiger partial charge is 0.496 e. The molecule has 0 aliphatic rings. The molecule has 6 heteroatoms. The van der Waals surface area contributed by atoms with Crippen molar-refractivity contribution < 1.29 is 9.26 Å². The molecule has 1 aromatic carbocycles. The van der Waals surface area contributed by atoms with Gasteiger partial charge in [0.1, 0.15) is 17.1 Å². The van der Waals surface area contributed by atoms with Gasteiger partial charge in [-0.25, -0.2) is 0 Å². The van der Waals surface area contributed by atoms with Crippen LogP contribution in [0.25, 0.3) is 22.5 Å². The van der Waals surface area contributed by atoms with Gasteiger partial charge in [-0.15, -0.1) is 0 Å². The fourth-order valence-corrected chi connectivity index (χ4v) is 2.27. The van der Waals surface area contributed by atoms with Crippen molar-refractivity contribution in [3.05, 3.63) is 36.0 Å². The molecule has 0 aliphatic heterocycles. The minimum absolute atomic E-state index is 0.265. The summed E-state index contributed by atoms with van der Waals surface area (Å²) < 4.78 is 12.2. The lowest BCUT2D eigenvalue weighted by Crippen LogP contribution is -1.92. The van der Waals surface area contributed by atoms with Crippen molar-refractivity contribution in [3.8, 4) is 28.3 Å². The molecular weight excluding hydrogens is 268 g/mol. The van der Waals surface area contributed by atoms with Crippen molar-refractivity contribution >= 4 is 5.88 Å². The van der Waals surface area contributed by atoms with E-state index >= 15 is 0 Å². The van der Waals surface area contributed by atoms with Crippen LogP contribution in [0.3, 0.4) is 0 Å². The van der Waals surface area contributed by atoms with Crippen molar-refractivity contribution in [1.82, 2.24) is 14.9 Å². The summed E-state index contributed by atoms with van der Waals surface area (Å²) >= 11 is 0. The van der Waals surface area contributed by atoms with Crippen LogP contribution < -0.4 is 10.5 Å². The average molecular weight is 284 g/mol. The zero-order valence-corrected chi connectivity index (χ0v) is 12.1. The van der Waals surface area contributed by atoms with E-state index in [1.807, 2.05) is 44.4 Å². The molecule has 2 aromatic heterocycles. The standard InChI is InChI=1S/C15H16N4O2/c1-9-4-5-10(8-12(9)20-3)13-14(18-21-15(13)16)11-6-7-19(2)17-11/h4-8H,16H2,1-3H3. The summed E-state index contributed by atoms with van der Waals surface area (Å²) in [5.41, 5.74) is 9.95. The lowest BCUT2D eigenvalue weighted by atomic mass is 10.0. The van der Waals surface area contributed by atoms with Gasteiger partial charge in [0.15, 0.2) is 0 Å². The van der Waals surface area contributed by atoms with Crippen molar-refractivity contribution in [2.24, 2.45) is 7.05 Å². The van der Waals surface area contributed by atoms with Crippen LogP contribution in [-0.2, 0) is 7.05 Å². The van der Waals surface area contributed by atoms with Gasteiger partial charge < -0.3 is 15.0 Å². The van der Waals surface area contributed by atoms with Crippen LogP contribution in [0, 0.1) is 6.92 Å². The third kappa shape index (κ3) is 2.24. The molecule has 0 spiro atoms. The molecule has 0 amide bonds. The third-order valence-electron chi connectivity index (χ3n) is 3.37. The van der Waals surface area contributed by atoms with Crippen LogP contribution >= 0.6 is 0 Å². The van der Waals surface area contributed by atoms with E-state index in [0.717, 1.165) is 22.4 Å². The Bertz CT molecular complexity index is 789. The Balaban J connectivity index is 2.17. The third-order valence-corrected chi connectivity index (χ3v) is 3.37. The highest BCUT2D eigenvalue weighted by Gasteiger charge is 2.20. The first-order valence-electron chi connectivity index (χ1n) is 6.50. The Morgan fingerprint density at radius 1 is 1.29 bits per heavy atom. The number of ether oxygens (including phenoxy) is 1. The lowest BCUT2D eigenvalue weighted by Gasteiger charge is -2.07. The Kier molecular flexibility index (Phi) is 3.13. The van der Waals surface area contributed by atoms with E-state index in [-0.39, 0.29) is 5.88 Å². The van der Waals surface area contributed by atoms with E-state index in [0.29, 0.717) is 11.4 Å². The van der Waals surface area contributed by atoms with E-state index in [4.69, 9.17) is 15.0 Å². The highest BCUT2D eigenvalue weighted by atomic mass is 16.5. The van der Waals surface area contributed by atoms with Crippen molar-refractivity contribution in [3.63, 3.8) is 0 Å². The van der Waals surface area contributed by atoms with Crippen LogP contribution in [0.2, 0.25) is 0 Å². The summed E-state index contributed by atoms with van der Waals surface area (Å²) in [5.74, 6) is 1.06. The maximum atomic E-state index is 5.94.